The van der Waals surface area contributed by atoms with Crippen molar-refractivity contribution in [3.8, 4) is 0 Å². The number of hydrogen-bond acceptors (Lipinski definition) is 6. The van der Waals surface area contributed by atoms with Crippen LogP contribution in [0, 0.1) is 0 Å². The van der Waals surface area contributed by atoms with Crippen molar-refractivity contribution in [3.05, 3.63) is 78.9 Å². The first-order valence-electron chi connectivity index (χ1n) is 7.40. The predicted molar refractivity (Wildman–Crippen MR) is 101 cm³/mol. The van der Waals surface area contributed by atoms with Gasteiger partial charge in [0.05, 0.1) is 16.3 Å². The largest absolute Gasteiger partial charge is 3.00 e. The minimum atomic E-state index is -4.50. The van der Waals surface area contributed by atoms with Crippen molar-refractivity contribution in [2.75, 3.05) is 5.32 Å². The van der Waals surface area contributed by atoms with Crippen LogP contribution in [0.25, 0.3) is 0 Å². The Morgan fingerprint density at radius 1 is 0.731 bits per heavy atom. The van der Waals surface area contributed by atoms with Crippen LogP contribution in [0.4, 0.5) is 22.7 Å². The molecule has 3 aromatic carbocycles. The summed E-state index contributed by atoms with van der Waals surface area (Å²) in [7, 11) is -4.50. The zero-order chi connectivity index (χ0) is 17.7. The molecule has 3 aromatic rings. The fourth-order valence-electron chi connectivity index (χ4n) is 2.12. The number of nitrogens with zero attached hydrogens (tertiary/aromatic N) is 2. The number of azo groups is 1. The van der Waals surface area contributed by atoms with Crippen LogP contribution in [0.3, 0.4) is 0 Å². The Hall–Kier alpha value is -2.50. The number of anilines is 2. The first-order chi connectivity index (χ1) is 12.0. The maximum atomic E-state index is 11.0. The molecule has 126 valence electrons. The Balaban J connectivity index is 0.00000243. The first-order valence-corrected chi connectivity index (χ1v) is 8.81. The number of nitrogens with one attached hydrogen (secondary N) is 1. The second kappa shape index (κ2) is 8.74. The molecule has 0 saturated heterocycles. The van der Waals surface area contributed by atoms with E-state index in [9.17, 15) is 13.0 Å². The van der Waals surface area contributed by atoms with E-state index in [-0.39, 0.29) is 22.3 Å². The average molecular weight is 379 g/mol. The van der Waals surface area contributed by atoms with Crippen molar-refractivity contribution in [1.82, 2.24) is 0 Å². The van der Waals surface area contributed by atoms with Crippen molar-refractivity contribution >= 4 is 50.2 Å². The van der Waals surface area contributed by atoms with Gasteiger partial charge in [0.2, 0.25) is 0 Å². The Bertz CT molecular complexity index is 992. The Morgan fingerprint density at radius 2 is 1.35 bits per heavy atom. The molecule has 26 heavy (non-hydrogen) atoms. The maximum Gasteiger partial charge on any atom is 3.00 e. The second-order valence-electron chi connectivity index (χ2n) is 5.19. The van der Waals surface area contributed by atoms with Gasteiger partial charge in [-0.3, -0.25) is 0 Å². The Morgan fingerprint density at radius 3 is 2.00 bits per heavy atom. The van der Waals surface area contributed by atoms with Crippen LogP contribution >= 0.6 is 0 Å². The van der Waals surface area contributed by atoms with Crippen LogP contribution < -0.4 is 5.32 Å². The van der Waals surface area contributed by atoms with Crippen molar-refractivity contribution in [3.63, 3.8) is 0 Å². The predicted octanol–water partition coefficient (Wildman–Crippen LogP) is 4.37. The van der Waals surface area contributed by atoms with Gasteiger partial charge in [0.15, 0.2) is 0 Å². The van der Waals surface area contributed by atoms with E-state index in [2.05, 4.69) is 15.5 Å². The minimum Gasteiger partial charge on any atom is -0.744 e. The Labute approximate surface area is 162 Å². The fraction of sp³-hybridized carbons (Fsp3) is 0. The molecule has 0 aliphatic carbocycles. The molecule has 8 heteroatoms. The smallest absolute Gasteiger partial charge is 0.744 e. The summed E-state index contributed by atoms with van der Waals surface area (Å²) in [4.78, 5) is -0.327. The summed E-state index contributed by atoms with van der Waals surface area (Å²) in [6, 6.07) is 22.5. The zero-order valence-corrected chi connectivity index (χ0v) is 15.6. The van der Waals surface area contributed by atoms with Crippen LogP contribution in [-0.4, -0.2) is 30.3 Å². The third-order valence-electron chi connectivity index (χ3n) is 3.32. The summed E-state index contributed by atoms with van der Waals surface area (Å²) in [5.74, 6) is 0. The van der Waals surface area contributed by atoms with Gasteiger partial charge < -0.3 is 9.87 Å². The van der Waals surface area contributed by atoms with E-state index in [1.165, 1.54) is 18.2 Å². The molecule has 0 amide bonds. The molecule has 1 N–H and O–H groups in total. The average Bonchev–Trinajstić information content (AvgIpc) is 2.62. The van der Waals surface area contributed by atoms with Gasteiger partial charge in [-0.15, -0.1) is 0 Å². The van der Waals surface area contributed by atoms with Gasteiger partial charge in [0.1, 0.15) is 10.1 Å². The van der Waals surface area contributed by atoms with E-state index < -0.39 is 10.1 Å². The number of para-hydroxylation sites is 1. The van der Waals surface area contributed by atoms with Gasteiger partial charge in [0, 0.05) is 11.4 Å². The van der Waals surface area contributed by atoms with Crippen LogP contribution in [0.5, 0.6) is 0 Å². The molecule has 0 radical (unpaired) electrons. The summed E-state index contributed by atoms with van der Waals surface area (Å²) in [5, 5.41) is 11.3. The van der Waals surface area contributed by atoms with Crippen molar-refractivity contribution in [1.29, 1.82) is 0 Å². The van der Waals surface area contributed by atoms with Gasteiger partial charge >= 0.3 is 17.4 Å². The van der Waals surface area contributed by atoms with Gasteiger partial charge in [-0.25, -0.2) is 8.42 Å². The molecule has 0 aromatic heterocycles. The molecule has 6 nitrogen and oxygen atoms in total. The molecule has 3 rings (SSSR count). The van der Waals surface area contributed by atoms with E-state index in [0.29, 0.717) is 11.4 Å². The molecule has 0 fully saturated rings. The van der Waals surface area contributed by atoms with Crippen molar-refractivity contribution in [2.24, 2.45) is 10.2 Å². The van der Waals surface area contributed by atoms with Crippen molar-refractivity contribution in [2.45, 2.75) is 4.90 Å². The van der Waals surface area contributed by atoms with Crippen LogP contribution in [0.1, 0.15) is 0 Å². The molecule has 0 aliphatic rings. The van der Waals surface area contributed by atoms with Gasteiger partial charge in [-0.05, 0) is 54.6 Å². The van der Waals surface area contributed by atoms with Crippen LogP contribution in [-0.2, 0) is 10.1 Å². The molecule has 0 aliphatic heterocycles. The summed E-state index contributed by atoms with van der Waals surface area (Å²) in [6.45, 7) is 0. The molecule has 0 heterocycles. The molecular weight excluding hydrogens is 365 g/mol. The SMILES string of the molecule is O=S(=O)([O-])c1cccc(N=Nc2ccc(Nc3ccccc3)cc2)c1.[Al+3]. The minimum absolute atomic E-state index is 0. The Kier molecular flexibility index (Phi) is 6.66. The normalized spacial score (nSPS) is 11.1. The number of hydrogen-bond donors (Lipinski definition) is 1. The standard InChI is InChI=1S/C18H15N3O3S.Al/c22-25(23,24)18-8-4-7-17(13-18)21-20-16-11-9-15(10-12-16)19-14-5-2-1-3-6-14;/h1-13,19H,(H,22,23,24);/q;+3/p-1. The summed E-state index contributed by atoms with van der Waals surface area (Å²) >= 11 is 0. The number of rotatable bonds is 5. The molecule has 0 saturated carbocycles. The molecular formula is C18H14AlN3O3S+2. The molecule has 0 atom stereocenters. The fourth-order valence-corrected chi connectivity index (χ4v) is 2.63. The quantitative estimate of drug-likeness (QED) is 0.405. The molecule has 0 unspecified atom stereocenters. The van der Waals surface area contributed by atoms with Gasteiger partial charge in [-0.2, -0.15) is 10.2 Å². The zero-order valence-electron chi connectivity index (χ0n) is 13.6. The third kappa shape index (κ3) is 5.51. The van der Waals surface area contributed by atoms with Crippen LogP contribution in [0.15, 0.2) is 94.0 Å². The van der Waals surface area contributed by atoms with E-state index in [1.54, 1.807) is 18.2 Å². The summed E-state index contributed by atoms with van der Waals surface area (Å²) in [5.41, 5.74) is 2.79. The monoisotopic (exact) mass is 379 g/mol. The topological polar surface area (TPSA) is 94.0 Å². The summed E-state index contributed by atoms with van der Waals surface area (Å²) in [6.07, 6.45) is 0. The number of benzene rings is 3. The van der Waals surface area contributed by atoms with E-state index in [0.717, 1.165) is 11.4 Å². The third-order valence-corrected chi connectivity index (χ3v) is 4.15. The van der Waals surface area contributed by atoms with Crippen molar-refractivity contribution < 1.29 is 13.0 Å². The maximum absolute atomic E-state index is 11.0. The van der Waals surface area contributed by atoms with E-state index >= 15 is 0 Å². The molecule has 0 bridgehead atoms. The van der Waals surface area contributed by atoms with Gasteiger partial charge in [-0.1, -0.05) is 24.3 Å². The summed E-state index contributed by atoms with van der Waals surface area (Å²) < 4.78 is 33.0. The molecule has 0 spiro atoms. The van der Waals surface area contributed by atoms with E-state index in [4.69, 9.17) is 0 Å². The van der Waals surface area contributed by atoms with Gasteiger partial charge in [0.25, 0.3) is 0 Å². The second-order valence-corrected chi connectivity index (χ2v) is 6.57. The first kappa shape index (κ1) is 19.8. The van der Waals surface area contributed by atoms with Crippen LogP contribution in [0.2, 0.25) is 0 Å². The van der Waals surface area contributed by atoms with E-state index in [1.807, 2.05) is 42.5 Å².